The maximum atomic E-state index is 11.6. The van der Waals surface area contributed by atoms with E-state index in [-0.39, 0.29) is 18.5 Å². The summed E-state index contributed by atoms with van der Waals surface area (Å²) in [5.74, 6) is -0.104. The van der Waals surface area contributed by atoms with Crippen LogP contribution in [0.4, 0.5) is 0 Å². The molecule has 0 aromatic heterocycles. The molecule has 0 aliphatic heterocycles. The van der Waals surface area contributed by atoms with Crippen molar-refractivity contribution in [2.75, 3.05) is 13.2 Å². The van der Waals surface area contributed by atoms with E-state index in [9.17, 15) is 8.42 Å². The molecule has 0 spiro atoms. The molecule has 0 saturated carbocycles. The topological polar surface area (TPSA) is 52.6 Å². The minimum absolute atomic E-state index is 0.0585. The SMILES string of the molecule is CCOC(C)COS(=O)(=O)Cc1ccccc1. The predicted octanol–water partition coefficient (Wildman–Crippen LogP) is 1.96. The maximum absolute atomic E-state index is 11.6. The van der Waals surface area contributed by atoms with Crippen molar-refractivity contribution in [3.05, 3.63) is 35.9 Å². The Balaban J connectivity index is 2.47. The molecule has 0 saturated heterocycles. The molecule has 1 aromatic rings. The Bertz CT molecular complexity index is 413. The highest BCUT2D eigenvalue weighted by Gasteiger charge is 2.14. The van der Waals surface area contributed by atoms with Gasteiger partial charge in [0, 0.05) is 6.61 Å². The largest absolute Gasteiger partial charge is 0.376 e. The zero-order valence-electron chi connectivity index (χ0n) is 10.1. The van der Waals surface area contributed by atoms with Gasteiger partial charge in [0.2, 0.25) is 0 Å². The molecule has 0 aliphatic carbocycles. The van der Waals surface area contributed by atoms with Crippen LogP contribution in [-0.2, 0) is 24.8 Å². The normalized spacial score (nSPS) is 13.5. The van der Waals surface area contributed by atoms with E-state index >= 15 is 0 Å². The van der Waals surface area contributed by atoms with Gasteiger partial charge in [0.15, 0.2) is 0 Å². The molecule has 0 aliphatic rings. The summed E-state index contributed by atoms with van der Waals surface area (Å²) in [6.45, 7) is 4.24. The fraction of sp³-hybridized carbons (Fsp3) is 0.500. The van der Waals surface area contributed by atoms with Crippen molar-refractivity contribution in [3.63, 3.8) is 0 Å². The van der Waals surface area contributed by atoms with E-state index in [0.717, 1.165) is 5.56 Å². The summed E-state index contributed by atoms with van der Waals surface area (Å²) in [6, 6.07) is 8.95. The van der Waals surface area contributed by atoms with E-state index in [1.165, 1.54) is 0 Å². The molecule has 17 heavy (non-hydrogen) atoms. The van der Waals surface area contributed by atoms with Gasteiger partial charge in [0.1, 0.15) is 5.75 Å². The number of hydrogen-bond donors (Lipinski definition) is 0. The van der Waals surface area contributed by atoms with Crippen LogP contribution in [0.2, 0.25) is 0 Å². The third-order valence-electron chi connectivity index (χ3n) is 2.12. The molecule has 1 aromatic carbocycles. The van der Waals surface area contributed by atoms with E-state index < -0.39 is 10.1 Å². The molecule has 0 fully saturated rings. The molecule has 1 rings (SSSR count). The molecule has 5 heteroatoms. The van der Waals surface area contributed by atoms with Crippen molar-refractivity contribution in [2.24, 2.45) is 0 Å². The van der Waals surface area contributed by atoms with Crippen molar-refractivity contribution < 1.29 is 17.3 Å². The quantitative estimate of drug-likeness (QED) is 0.702. The average molecular weight is 258 g/mol. The standard InChI is InChI=1S/C12H18O4S/c1-3-15-11(2)9-16-17(13,14)10-12-7-5-4-6-8-12/h4-8,11H,3,9-10H2,1-2H3. The lowest BCUT2D eigenvalue weighted by atomic mass is 10.2. The van der Waals surface area contributed by atoms with Crippen molar-refractivity contribution in [3.8, 4) is 0 Å². The smallest absolute Gasteiger partial charge is 0.271 e. The maximum Gasteiger partial charge on any atom is 0.271 e. The molecular formula is C12H18O4S. The Kier molecular flexibility index (Phi) is 5.61. The number of hydrogen-bond acceptors (Lipinski definition) is 4. The summed E-state index contributed by atoms with van der Waals surface area (Å²) >= 11 is 0. The first-order valence-corrected chi connectivity index (χ1v) is 7.14. The van der Waals surface area contributed by atoms with Gasteiger partial charge < -0.3 is 4.74 Å². The van der Waals surface area contributed by atoms with E-state index in [1.807, 2.05) is 13.0 Å². The first-order chi connectivity index (χ1) is 8.03. The van der Waals surface area contributed by atoms with Gasteiger partial charge >= 0.3 is 0 Å². The van der Waals surface area contributed by atoms with Crippen LogP contribution in [0.3, 0.4) is 0 Å². The number of benzene rings is 1. The van der Waals surface area contributed by atoms with Crippen LogP contribution >= 0.6 is 0 Å². The molecule has 0 radical (unpaired) electrons. The van der Waals surface area contributed by atoms with Gasteiger partial charge in [-0.2, -0.15) is 8.42 Å². The first kappa shape index (κ1) is 14.2. The molecule has 0 amide bonds. The van der Waals surface area contributed by atoms with Gasteiger partial charge in [-0.15, -0.1) is 0 Å². The van der Waals surface area contributed by atoms with E-state index in [4.69, 9.17) is 8.92 Å². The fourth-order valence-corrected chi connectivity index (χ4v) is 2.44. The highest BCUT2D eigenvalue weighted by atomic mass is 32.2. The lowest BCUT2D eigenvalue weighted by Gasteiger charge is -2.11. The summed E-state index contributed by atoms with van der Waals surface area (Å²) in [6.07, 6.45) is -0.217. The third-order valence-corrected chi connectivity index (χ3v) is 3.30. The lowest BCUT2D eigenvalue weighted by molar-refractivity contribution is 0.0419. The summed E-state index contributed by atoms with van der Waals surface area (Å²) in [4.78, 5) is 0. The predicted molar refractivity (Wildman–Crippen MR) is 66.1 cm³/mol. The van der Waals surface area contributed by atoms with Gasteiger partial charge in [-0.25, -0.2) is 0 Å². The van der Waals surface area contributed by atoms with E-state index in [2.05, 4.69) is 0 Å². The first-order valence-electron chi connectivity index (χ1n) is 5.56. The van der Waals surface area contributed by atoms with Gasteiger partial charge in [-0.3, -0.25) is 4.18 Å². The van der Waals surface area contributed by atoms with E-state index in [1.54, 1.807) is 31.2 Å². The summed E-state index contributed by atoms with van der Waals surface area (Å²) in [7, 11) is -3.53. The molecule has 0 heterocycles. The third kappa shape index (κ3) is 5.81. The van der Waals surface area contributed by atoms with Gasteiger partial charge in [0.25, 0.3) is 10.1 Å². The van der Waals surface area contributed by atoms with Crippen LogP contribution in [0.25, 0.3) is 0 Å². The van der Waals surface area contributed by atoms with Gasteiger partial charge in [0.05, 0.1) is 12.7 Å². The molecular weight excluding hydrogens is 240 g/mol. The van der Waals surface area contributed by atoms with Crippen molar-refractivity contribution in [1.29, 1.82) is 0 Å². The highest BCUT2D eigenvalue weighted by Crippen LogP contribution is 2.08. The van der Waals surface area contributed by atoms with Crippen LogP contribution < -0.4 is 0 Å². The zero-order valence-corrected chi connectivity index (χ0v) is 10.9. The van der Waals surface area contributed by atoms with E-state index in [0.29, 0.717) is 6.61 Å². The van der Waals surface area contributed by atoms with Crippen LogP contribution in [-0.4, -0.2) is 27.7 Å². The Labute approximate surface area is 103 Å². The second-order valence-corrected chi connectivity index (χ2v) is 5.38. The molecule has 0 bridgehead atoms. The summed E-state index contributed by atoms with van der Waals surface area (Å²) in [5.41, 5.74) is 0.719. The molecule has 0 N–H and O–H groups in total. The Morgan fingerprint density at radius 1 is 1.24 bits per heavy atom. The van der Waals surface area contributed by atoms with Crippen molar-refractivity contribution in [2.45, 2.75) is 25.7 Å². The zero-order chi connectivity index (χ0) is 12.7. The van der Waals surface area contributed by atoms with Crippen LogP contribution in [0, 0.1) is 0 Å². The summed E-state index contributed by atoms with van der Waals surface area (Å²) in [5, 5.41) is 0. The van der Waals surface area contributed by atoms with Crippen molar-refractivity contribution >= 4 is 10.1 Å². The lowest BCUT2D eigenvalue weighted by Crippen LogP contribution is -2.20. The summed E-state index contributed by atoms with van der Waals surface area (Å²) < 4.78 is 33.4. The van der Waals surface area contributed by atoms with Crippen LogP contribution in [0.15, 0.2) is 30.3 Å². The Hall–Kier alpha value is -0.910. The molecule has 4 nitrogen and oxygen atoms in total. The second kappa shape index (κ2) is 6.74. The Morgan fingerprint density at radius 2 is 1.88 bits per heavy atom. The number of rotatable bonds is 7. The molecule has 1 unspecified atom stereocenters. The minimum Gasteiger partial charge on any atom is -0.376 e. The minimum atomic E-state index is -3.53. The van der Waals surface area contributed by atoms with Gasteiger partial charge in [-0.1, -0.05) is 30.3 Å². The molecule has 1 atom stereocenters. The van der Waals surface area contributed by atoms with Crippen LogP contribution in [0.1, 0.15) is 19.4 Å². The fourth-order valence-electron chi connectivity index (χ4n) is 1.35. The Morgan fingerprint density at radius 3 is 2.47 bits per heavy atom. The number of ether oxygens (including phenoxy) is 1. The highest BCUT2D eigenvalue weighted by molar-refractivity contribution is 7.85. The monoisotopic (exact) mass is 258 g/mol. The van der Waals surface area contributed by atoms with Gasteiger partial charge in [-0.05, 0) is 19.4 Å². The average Bonchev–Trinajstić information content (AvgIpc) is 2.28. The van der Waals surface area contributed by atoms with Crippen LogP contribution in [0.5, 0.6) is 0 Å². The molecule has 96 valence electrons. The second-order valence-electron chi connectivity index (χ2n) is 3.74. The van der Waals surface area contributed by atoms with Crippen molar-refractivity contribution in [1.82, 2.24) is 0 Å².